The zero-order chi connectivity index (χ0) is 19.1. The average Bonchev–Trinajstić information content (AvgIpc) is 2.96. The van der Waals surface area contributed by atoms with Crippen molar-refractivity contribution in [1.82, 2.24) is 9.38 Å². The van der Waals surface area contributed by atoms with Crippen molar-refractivity contribution < 1.29 is 9.59 Å². The minimum Gasteiger partial charge on any atom is -0.320 e. The number of Topliss-reactive ketones (excluding diaryl/α,β-unsaturated/α-hetero) is 1. The Morgan fingerprint density at radius 2 is 1.85 bits per heavy atom. The molecule has 0 saturated carbocycles. The molecule has 1 amide bonds. The first-order valence-corrected chi connectivity index (χ1v) is 8.59. The third-order valence-electron chi connectivity index (χ3n) is 4.33. The van der Waals surface area contributed by atoms with Gasteiger partial charge in [-0.1, -0.05) is 39.0 Å². The van der Waals surface area contributed by atoms with Crippen LogP contribution in [0.4, 0.5) is 5.69 Å². The maximum Gasteiger partial charge on any atom is 0.276 e. The van der Waals surface area contributed by atoms with Crippen molar-refractivity contribution in [1.29, 1.82) is 0 Å². The Labute approximate surface area is 153 Å². The van der Waals surface area contributed by atoms with Crippen molar-refractivity contribution in [3.63, 3.8) is 0 Å². The molecule has 0 aliphatic carbocycles. The minimum absolute atomic E-state index is 0.0389. The first-order valence-electron chi connectivity index (χ1n) is 8.59. The SMILES string of the molecule is CC(=O)c1ccc(C)c(NC(=O)c2nc(C(C)(C)C)n3ccccc23)c1. The molecule has 0 spiro atoms. The van der Waals surface area contributed by atoms with E-state index in [1.807, 2.05) is 41.8 Å². The van der Waals surface area contributed by atoms with E-state index in [4.69, 9.17) is 0 Å². The Hall–Kier alpha value is -2.95. The van der Waals surface area contributed by atoms with Crippen molar-refractivity contribution in [2.45, 2.75) is 40.0 Å². The van der Waals surface area contributed by atoms with Crippen molar-refractivity contribution in [2.75, 3.05) is 5.32 Å². The molecular weight excluding hydrogens is 326 g/mol. The number of hydrogen-bond donors (Lipinski definition) is 1. The van der Waals surface area contributed by atoms with Gasteiger partial charge in [-0.3, -0.25) is 9.59 Å². The number of carbonyl (C=O) groups is 2. The lowest BCUT2D eigenvalue weighted by atomic mass is 9.96. The number of rotatable bonds is 3. The van der Waals surface area contributed by atoms with Crippen molar-refractivity contribution in [3.8, 4) is 0 Å². The molecule has 0 atom stereocenters. The Morgan fingerprint density at radius 1 is 1.12 bits per heavy atom. The Morgan fingerprint density at radius 3 is 2.50 bits per heavy atom. The van der Waals surface area contributed by atoms with Crippen LogP contribution in [0.5, 0.6) is 0 Å². The molecule has 0 bridgehead atoms. The second-order valence-electron chi connectivity index (χ2n) is 7.53. The molecule has 134 valence electrons. The van der Waals surface area contributed by atoms with Gasteiger partial charge in [-0.05, 0) is 37.6 Å². The second kappa shape index (κ2) is 6.41. The lowest BCUT2D eigenvalue weighted by Crippen LogP contribution is -2.17. The van der Waals surface area contributed by atoms with Gasteiger partial charge in [0.05, 0.1) is 5.52 Å². The predicted octanol–water partition coefficient (Wildman–Crippen LogP) is 4.40. The molecular formula is C21H23N3O2. The van der Waals surface area contributed by atoms with Crippen molar-refractivity contribution >= 4 is 22.9 Å². The third kappa shape index (κ3) is 3.25. The van der Waals surface area contributed by atoms with Gasteiger partial charge in [-0.2, -0.15) is 0 Å². The normalized spacial score (nSPS) is 11.6. The van der Waals surface area contributed by atoms with Gasteiger partial charge in [-0.25, -0.2) is 4.98 Å². The number of anilines is 1. The quantitative estimate of drug-likeness (QED) is 0.713. The topological polar surface area (TPSA) is 63.5 Å². The summed E-state index contributed by atoms with van der Waals surface area (Å²) in [5, 5.41) is 2.91. The molecule has 26 heavy (non-hydrogen) atoms. The lowest BCUT2D eigenvalue weighted by molar-refractivity contribution is 0.101. The summed E-state index contributed by atoms with van der Waals surface area (Å²) in [6.07, 6.45) is 1.92. The molecule has 1 aromatic carbocycles. The molecule has 0 fully saturated rings. The van der Waals surface area contributed by atoms with E-state index in [-0.39, 0.29) is 17.1 Å². The molecule has 0 radical (unpaired) electrons. The Balaban J connectivity index is 2.04. The summed E-state index contributed by atoms with van der Waals surface area (Å²) in [5.74, 6) is 0.503. The molecule has 2 heterocycles. The minimum atomic E-state index is -0.284. The van der Waals surface area contributed by atoms with Gasteiger partial charge in [0.2, 0.25) is 0 Å². The van der Waals surface area contributed by atoms with E-state index in [0.29, 0.717) is 16.9 Å². The van der Waals surface area contributed by atoms with Crippen LogP contribution in [0.25, 0.3) is 5.52 Å². The number of nitrogens with one attached hydrogen (secondary N) is 1. The molecule has 5 nitrogen and oxygen atoms in total. The van der Waals surface area contributed by atoms with E-state index in [0.717, 1.165) is 16.9 Å². The summed E-state index contributed by atoms with van der Waals surface area (Å²) < 4.78 is 1.95. The van der Waals surface area contributed by atoms with Gasteiger partial charge in [-0.15, -0.1) is 0 Å². The standard InChI is InChI=1S/C21H23N3O2/c1-13-9-10-15(14(2)25)12-16(13)22-19(26)18-17-8-6-7-11-24(17)20(23-18)21(3,4)5/h6-12H,1-5H3,(H,22,26). The molecule has 3 aromatic rings. The second-order valence-corrected chi connectivity index (χ2v) is 7.53. The van der Waals surface area contributed by atoms with E-state index in [2.05, 4.69) is 31.1 Å². The number of nitrogens with zero attached hydrogens (tertiary/aromatic N) is 2. The summed E-state index contributed by atoms with van der Waals surface area (Å²) >= 11 is 0. The van der Waals surface area contributed by atoms with E-state index >= 15 is 0 Å². The van der Waals surface area contributed by atoms with Crippen LogP contribution < -0.4 is 5.32 Å². The smallest absolute Gasteiger partial charge is 0.276 e. The number of pyridine rings is 1. The van der Waals surface area contributed by atoms with Crippen LogP contribution in [-0.4, -0.2) is 21.1 Å². The van der Waals surface area contributed by atoms with E-state index in [1.54, 1.807) is 12.1 Å². The highest BCUT2D eigenvalue weighted by atomic mass is 16.2. The van der Waals surface area contributed by atoms with Gasteiger partial charge in [0.25, 0.3) is 5.91 Å². The number of aryl methyl sites for hydroxylation is 1. The number of ketones is 1. The number of hydrogen-bond acceptors (Lipinski definition) is 3. The molecule has 5 heteroatoms. The number of benzene rings is 1. The number of imidazole rings is 1. The largest absolute Gasteiger partial charge is 0.320 e. The summed E-state index contributed by atoms with van der Waals surface area (Å²) in [6, 6.07) is 11.0. The van der Waals surface area contributed by atoms with Crippen LogP contribution in [0.3, 0.4) is 0 Å². The maximum absolute atomic E-state index is 12.9. The monoisotopic (exact) mass is 349 g/mol. The molecule has 0 aliphatic rings. The van der Waals surface area contributed by atoms with E-state index in [1.165, 1.54) is 6.92 Å². The number of aromatic nitrogens is 2. The highest BCUT2D eigenvalue weighted by Gasteiger charge is 2.25. The molecule has 0 saturated heterocycles. The fourth-order valence-electron chi connectivity index (χ4n) is 2.89. The third-order valence-corrected chi connectivity index (χ3v) is 4.33. The van der Waals surface area contributed by atoms with Crippen LogP contribution in [0.2, 0.25) is 0 Å². The van der Waals surface area contributed by atoms with Crippen LogP contribution >= 0.6 is 0 Å². The van der Waals surface area contributed by atoms with Crippen molar-refractivity contribution in [2.24, 2.45) is 0 Å². The number of amides is 1. The highest BCUT2D eigenvalue weighted by Crippen LogP contribution is 2.26. The first kappa shape index (κ1) is 17.9. The Bertz CT molecular complexity index is 1010. The van der Waals surface area contributed by atoms with E-state index in [9.17, 15) is 9.59 Å². The summed E-state index contributed by atoms with van der Waals surface area (Å²) in [7, 11) is 0. The summed E-state index contributed by atoms with van der Waals surface area (Å²) in [6.45, 7) is 9.60. The van der Waals surface area contributed by atoms with Gasteiger partial charge in [0, 0.05) is 22.9 Å². The Kier molecular flexibility index (Phi) is 4.40. The molecule has 3 rings (SSSR count). The highest BCUT2D eigenvalue weighted by molar-refractivity contribution is 6.08. The lowest BCUT2D eigenvalue weighted by Gasteiger charge is -2.16. The van der Waals surface area contributed by atoms with Gasteiger partial charge in [0.15, 0.2) is 11.5 Å². The first-order chi connectivity index (χ1) is 12.2. The summed E-state index contributed by atoms with van der Waals surface area (Å²) in [5.41, 5.74) is 3.02. The maximum atomic E-state index is 12.9. The van der Waals surface area contributed by atoms with Crippen LogP contribution in [0, 0.1) is 6.92 Å². The average molecular weight is 349 g/mol. The van der Waals surface area contributed by atoms with Gasteiger partial charge in [0.1, 0.15) is 5.82 Å². The number of carbonyl (C=O) groups excluding carboxylic acids is 2. The molecule has 1 N–H and O–H groups in total. The fourth-order valence-corrected chi connectivity index (χ4v) is 2.89. The molecule has 2 aromatic heterocycles. The van der Waals surface area contributed by atoms with Crippen LogP contribution in [-0.2, 0) is 5.41 Å². The molecule has 0 unspecified atom stereocenters. The van der Waals surface area contributed by atoms with Crippen LogP contribution in [0.1, 0.15) is 59.9 Å². The predicted molar refractivity (Wildman–Crippen MR) is 103 cm³/mol. The van der Waals surface area contributed by atoms with Crippen molar-refractivity contribution in [3.05, 3.63) is 65.2 Å². The van der Waals surface area contributed by atoms with E-state index < -0.39 is 0 Å². The summed E-state index contributed by atoms with van der Waals surface area (Å²) in [4.78, 5) is 29.2. The zero-order valence-corrected chi connectivity index (χ0v) is 15.8. The van der Waals surface area contributed by atoms with Gasteiger partial charge >= 0.3 is 0 Å². The fraction of sp³-hybridized carbons (Fsp3) is 0.286. The van der Waals surface area contributed by atoms with Crippen LogP contribution in [0.15, 0.2) is 42.6 Å². The molecule has 0 aliphatic heterocycles. The van der Waals surface area contributed by atoms with Gasteiger partial charge < -0.3 is 9.72 Å². The number of fused-ring (bicyclic) bond motifs is 1. The zero-order valence-electron chi connectivity index (χ0n) is 15.8.